The molecule has 0 saturated carbocycles. The molecule has 3 aromatic rings. The highest BCUT2D eigenvalue weighted by Crippen LogP contribution is 2.23. The van der Waals surface area contributed by atoms with Crippen LogP contribution in [0.2, 0.25) is 0 Å². The van der Waals surface area contributed by atoms with Gasteiger partial charge >= 0.3 is 0 Å². The molecule has 0 spiro atoms. The Morgan fingerprint density at radius 3 is 2.62 bits per heavy atom. The third kappa shape index (κ3) is 5.92. The number of anilines is 2. The van der Waals surface area contributed by atoms with Gasteiger partial charge in [-0.2, -0.15) is 0 Å². The molecule has 1 amide bonds. The Morgan fingerprint density at radius 2 is 1.88 bits per heavy atom. The molecule has 32 heavy (non-hydrogen) atoms. The largest absolute Gasteiger partial charge is 0.352 e. The van der Waals surface area contributed by atoms with E-state index >= 15 is 0 Å². The van der Waals surface area contributed by atoms with Gasteiger partial charge in [-0.05, 0) is 93.3 Å². The Balaban J connectivity index is 1.32. The molecule has 0 radical (unpaired) electrons. The number of carbonyl (C=O) groups excluding carboxylic acids is 1. The normalized spacial score (nSPS) is 14.8. The van der Waals surface area contributed by atoms with Gasteiger partial charge < -0.3 is 15.5 Å². The lowest BCUT2D eigenvalue weighted by molar-refractivity contribution is 0.0949. The van der Waals surface area contributed by atoms with Crippen LogP contribution in [0.4, 0.5) is 15.9 Å². The molecular weight excluding hydrogens is 403 g/mol. The van der Waals surface area contributed by atoms with E-state index in [0.717, 1.165) is 36.3 Å². The lowest BCUT2D eigenvalue weighted by Crippen LogP contribution is -2.32. The molecule has 1 fully saturated rings. The maximum atomic E-state index is 13.4. The van der Waals surface area contributed by atoms with Gasteiger partial charge in [0.05, 0.1) is 0 Å². The van der Waals surface area contributed by atoms with Crippen molar-refractivity contribution in [2.75, 3.05) is 32.0 Å². The van der Waals surface area contributed by atoms with E-state index in [1.807, 2.05) is 42.5 Å². The Labute approximate surface area is 188 Å². The second kappa shape index (κ2) is 10.4. The lowest BCUT2D eigenvalue weighted by Gasteiger charge is -2.28. The first kappa shape index (κ1) is 22.0. The molecule has 166 valence electrons. The van der Waals surface area contributed by atoms with Crippen molar-refractivity contribution in [3.05, 3.63) is 78.2 Å². The van der Waals surface area contributed by atoms with Crippen LogP contribution in [0.5, 0.6) is 0 Å². The quantitative estimate of drug-likeness (QED) is 0.546. The van der Waals surface area contributed by atoms with Crippen molar-refractivity contribution in [3.63, 3.8) is 0 Å². The lowest BCUT2D eigenvalue weighted by atomic mass is 9.94. The minimum atomic E-state index is -0.272. The number of nitrogens with zero attached hydrogens (tertiary/aromatic N) is 2. The summed E-state index contributed by atoms with van der Waals surface area (Å²) in [5.74, 6) is 1.02. The van der Waals surface area contributed by atoms with E-state index < -0.39 is 0 Å². The second-order valence-electron chi connectivity index (χ2n) is 8.44. The fourth-order valence-electron chi connectivity index (χ4n) is 4.04. The summed E-state index contributed by atoms with van der Waals surface area (Å²) in [7, 11) is 2.16. The fraction of sp³-hybridized carbons (Fsp3) is 0.308. The molecule has 1 aromatic heterocycles. The Hall–Kier alpha value is -3.25. The molecule has 2 aromatic carbocycles. The van der Waals surface area contributed by atoms with E-state index in [4.69, 9.17) is 0 Å². The average molecular weight is 433 g/mol. The van der Waals surface area contributed by atoms with Crippen LogP contribution in [0.3, 0.4) is 0 Å². The van der Waals surface area contributed by atoms with Gasteiger partial charge in [-0.25, -0.2) is 9.37 Å². The SMILES string of the molecule is CN1CCC(CCNC(=O)c2cccc(Nc3ccc(-c4cccc(F)c4)cn3)c2)CC1. The maximum absolute atomic E-state index is 13.4. The summed E-state index contributed by atoms with van der Waals surface area (Å²) in [6, 6.07) is 17.6. The summed E-state index contributed by atoms with van der Waals surface area (Å²) >= 11 is 0. The van der Waals surface area contributed by atoms with Gasteiger partial charge in [0.25, 0.3) is 5.91 Å². The van der Waals surface area contributed by atoms with E-state index in [-0.39, 0.29) is 11.7 Å². The van der Waals surface area contributed by atoms with Crippen molar-refractivity contribution >= 4 is 17.4 Å². The molecule has 5 nitrogen and oxygen atoms in total. The zero-order valence-electron chi connectivity index (χ0n) is 18.4. The van der Waals surface area contributed by atoms with Gasteiger partial charge in [0, 0.05) is 29.6 Å². The van der Waals surface area contributed by atoms with Crippen LogP contribution in [0.25, 0.3) is 11.1 Å². The number of amides is 1. The minimum absolute atomic E-state index is 0.0593. The molecule has 6 heteroatoms. The molecule has 0 bridgehead atoms. The average Bonchev–Trinajstić information content (AvgIpc) is 2.81. The zero-order valence-corrected chi connectivity index (χ0v) is 18.4. The molecule has 1 aliphatic rings. The summed E-state index contributed by atoms with van der Waals surface area (Å²) in [6.07, 6.45) is 5.14. The number of likely N-dealkylation sites (tertiary alicyclic amines) is 1. The van der Waals surface area contributed by atoms with Crippen molar-refractivity contribution in [3.8, 4) is 11.1 Å². The first-order chi connectivity index (χ1) is 15.6. The van der Waals surface area contributed by atoms with E-state index in [0.29, 0.717) is 23.8 Å². The molecule has 2 heterocycles. The number of benzene rings is 2. The standard InChI is InChI=1S/C26H29FN4O/c1-31-14-11-19(12-15-31)10-13-28-26(32)21-5-3-7-24(17-21)30-25-9-8-22(18-29-25)20-4-2-6-23(27)16-20/h2-9,16-19H,10-15H2,1H3,(H,28,32)(H,29,30). The van der Waals surface area contributed by atoms with Crippen LogP contribution in [0.1, 0.15) is 29.6 Å². The molecule has 0 atom stereocenters. The van der Waals surface area contributed by atoms with Crippen LogP contribution < -0.4 is 10.6 Å². The molecule has 0 aliphatic carbocycles. The van der Waals surface area contributed by atoms with Crippen LogP contribution in [-0.2, 0) is 0 Å². The predicted molar refractivity (Wildman–Crippen MR) is 127 cm³/mol. The number of hydrogen-bond acceptors (Lipinski definition) is 4. The van der Waals surface area contributed by atoms with E-state index in [9.17, 15) is 9.18 Å². The van der Waals surface area contributed by atoms with Gasteiger partial charge in [0.15, 0.2) is 0 Å². The third-order valence-electron chi connectivity index (χ3n) is 5.99. The summed E-state index contributed by atoms with van der Waals surface area (Å²) in [4.78, 5) is 19.4. The van der Waals surface area contributed by atoms with Crippen molar-refractivity contribution in [2.24, 2.45) is 5.92 Å². The van der Waals surface area contributed by atoms with E-state index in [1.165, 1.54) is 25.0 Å². The van der Waals surface area contributed by atoms with Crippen molar-refractivity contribution in [2.45, 2.75) is 19.3 Å². The Kier molecular flexibility index (Phi) is 7.12. The molecule has 0 unspecified atom stereocenters. The van der Waals surface area contributed by atoms with Crippen molar-refractivity contribution < 1.29 is 9.18 Å². The summed E-state index contributed by atoms with van der Waals surface area (Å²) in [5.41, 5.74) is 3.03. The van der Waals surface area contributed by atoms with Crippen molar-refractivity contribution in [1.29, 1.82) is 0 Å². The van der Waals surface area contributed by atoms with Gasteiger partial charge in [-0.1, -0.05) is 18.2 Å². The van der Waals surface area contributed by atoms with Crippen LogP contribution in [-0.4, -0.2) is 42.5 Å². The molecule has 4 rings (SSSR count). The molecule has 2 N–H and O–H groups in total. The predicted octanol–water partition coefficient (Wildman–Crippen LogP) is 5.09. The number of halogens is 1. The topological polar surface area (TPSA) is 57.3 Å². The van der Waals surface area contributed by atoms with Gasteiger partial charge in [-0.3, -0.25) is 4.79 Å². The summed E-state index contributed by atoms with van der Waals surface area (Å²) in [5, 5.41) is 6.28. The molecule has 1 saturated heterocycles. The number of carbonyl (C=O) groups is 1. The minimum Gasteiger partial charge on any atom is -0.352 e. The van der Waals surface area contributed by atoms with Gasteiger partial charge in [0.1, 0.15) is 11.6 Å². The first-order valence-corrected chi connectivity index (χ1v) is 11.1. The third-order valence-corrected chi connectivity index (χ3v) is 5.99. The highest BCUT2D eigenvalue weighted by Gasteiger charge is 2.16. The first-order valence-electron chi connectivity index (χ1n) is 11.1. The monoisotopic (exact) mass is 432 g/mol. The number of hydrogen-bond donors (Lipinski definition) is 2. The zero-order chi connectivity index (χ0) is 22.3. The Morgan fingerprint density at radius 1 is 1.06 bits per heavy atom. The number of aromatic nitrogens is 1. The highest BCUT2D eigenvalue weighted by atomic mass is 19.1. The summed E-state index contributed by atoms with van der Waals surface area (Å²) < 4.78 is 13.4. The smallest absolute Gasteiger partial charge is 0.251 e. The second-order valence-corrected chi connectivity index (χ2v) is 8.44. The van der Waals surface area contributed by atoms with E-state index in [1.54, 1.807) is 12.3 Å². The van der Waals surface area contributed by atoms with Crippen LogP contribution >= 0.6 is 0 Å². The number of pyridine rings is 1. The van der Waals surface area contributed by atoms with E-state index in [2.05, 4.69) is 27.6 Å². The number of rotatable bonds is 7. The van der Waals surface area contributed by atoms with Crippen LogP contribution in [0, 0.1) is 11.7 Å². The maximum Gasteiger partial charge on any atom is 0.251 e. The number of nitrogens with one attached hydrogen (secondary N) is 2. The number of piperidine rings is 1. The van der Waals surface area contributed by atoms with Crippen molar-refractivity contribution in [1.82, 2.24) is 15.2 Å². The molecular formula is C26H29FN4O. The Bertz CT molecular complexity index is 1050. The fourth-order valence-corrected chi connectivity index (χ4v) is 4.04. The van der Waals surface area contributed by atoms with Gasteiger partial charge in [0.2, 0.25) is 0 Å². The molecule has 1 aliphatic heterocycles. The highest BCUT2D eigenvalue weighted by molar-refractivity contribution is 5.95. The van der Waals surface area contributed by atoms with Gasteiger partial charge in [-0.15, -0.1) is 0 Å². The summed E-state index contributed by atoms with van der Waals surface area (Å²) in [6.45, 7) is 2.99. The van der Waals surface area contributed by atoms with Crippen LogP contribution in [0.15, 0.2) is 66.9 Å².